The van der Waals surface area contributed by atoms with Crippen molar-refractivity contribution in [1.82, 2.24) is 0 Å². The molecule has 0 heterocycles. The van der Waals surface area contributed by atoms with Crippen LogP contribution in [-0.2, 0) is 13.6 Å². The summed E-state index contributed by atoms with van der Waals surface area (Å²) in [6, 6.07) is 4.01. The maximum Gasteiger partial charge on any atom is 0.351 e. The number of rotatable bonds is 6. The van der Waals surface area contributed by atoms with Crippen molar-refractivity contribution in [3.63, 3.8) is 0 Å². The molecule has 7 heteroatoms. The topological polar surface area (TPSA) is 61.5 Å². The van der Waals surface area contributed by atoms with Gasteiger partial charge in [-0.25, -0.2) is 4.39 Å². The minimum absolute atomic E-state index is 0.206. The largest absolute Gasteiger partial charge is 0.351 e. The van der Waals surface area contributed by atoms with Crippen LogP contribution < -0.4 is 5.73 Å². The maximum absolute atomic E-state index is 13.2. The summed E-state index contributed by atoms with van der Waals surface area (Å²) in [5, 5.41) is 0. The fourth-order valence-corrected chi connectivity index (χ4v) is 3.81. The molecule has 1 atom stereocenters. The van der Waals surface area contributed by atoms with Gasteiger partial charge in [-0.1, -0.05) is 15.9 Å². The lowest BCUT2D eigenvalue weighted by Gasteiger charge is -2.24. The Balaban J connectivity index is 3.13. The lowest BCUT2D eigenvalue weighted by Crippen LogP contribution is -2.15. The lowest BCUT2D eigenvalue weighted by molar-refractivity contribution is 0.212. The molecule has 1 aromatic rings. The minimum Gasteiger partial charge on any atom is -0.314 e. The molecule has 2 N–H and O–H groups in total. The van der Waals surface area contributed by atoms with Gasteiger partial charge in [0.1, 0.15) is 11.6 Å². The van der Waals surface area contributed by atoms with Crippen LogP contribution in [-0.4, -0.2) is 13.2 Å². The molecular weight excluding hydrogens is 324 g/mol. The van der Waals surface area contributed by atoms with Crippen LogP contribution in [0.5, 0.6) is 0 Å². The predicted octanol–water partition coefficient (Wildman–Crippen LogP) is 3.81. The maximum atomic E-state index is 13.2. The third kappa shape index (κ3) is 3.62. The number of halogens is 2. The summed E-state index contributed by atoms with van der Waals surface area (Å²) in [7, 11) is -3.50. The van der Waals surface area contributed by atoms with E-state index in [-0.39, 0.29) is 13.2 Å². The first-order valence-electron chi connectivity index (χ1n) is 5.54. The zero-order valence-corrected chi connectivity index (χ0v) is 12.7. The molecule has 0 bridgehead atoms. The average molecular weight is 340 g/mol. The Morgan fingerprint density at radius 1 is 1.39 bits per heavy atom. The van der Waals surface area contributed by atoms with Gasteiger partial charge in [-0.3, -0.25) is 4.57 Å². The molecule has 0 amide bonds. The van der Waals surface area contributed by atoms with E-state index in [1.807, 2.05) is 0 Å². The predicted molar refractivity (Wildman–Crippen MR) is 71.9 cm³/mol. The molecule has 102 valence electrons. The van der Waals surface area contributed by atoms with E-state index in [1.54, 1.807) is 13.8 Å². The number of hydrogen-bond donors (Lipinski definition) is 1. The van der Waals surface area contributed by atoms with Crippen LogP contribution in [0.4, 0.5) is 4.39 Å². The second kappa shape index (κ2) is 6.78. The highest BCUT2D eigenvalue weighted by Crippen LogP contribution is 2.59. The highest BCUT2D eigenvalue weighted by Gasteiger charge is 2.35. The van der Waals surface area contributed by atoms with Crippen molar-refractivity contribution in [2.24, 2.45) is 5.73 Å². The van der Waals surface area contributed by atoms with Gasteiger partial charge in [0.25, 0.3) is 0 Å². The SMILES string of the molecule is CCOP(=O)(OCC)[C@@H](N)c1cc(F)ccc1Br. The van der Waals surface area contributed by atoms with Crippen LogP contribution in [0.1, 0.15) is 25.2 Å². The van der Waals surface area contributed by atoms with E-state index in [0.29, 0.717) is 10.0 Å². The number of hydrogen-bond acceptors (Lipinski definition) is 4. The first kappa shape index (κ1) is 15.8. The fraction of sp³-hybridized carbons (Fsp3) is 0.455. The summed E-state index contributed by atoms with van der Waals surface area (Å²) in [5.41, 5.74) is 6.27. The Morgan fingerprint density at radius 2 is 1.94 bits per heavy atom. The summed E-state index contributed by atoms with van der Waals surface area (Å²) < 4.78 is 36.5. The lowest BCUT2D eigenvalue weighted by atomic mass is 10.2. The van der Waals surface area contributed by atoms with Crippen LogP contribution >= 0.6 is 23.5 Å². The van der Waals surface area contributed by atoms with Crippen molar-refractivity contribution in [3.8, 4) is 0 Å². The van der Waals surface area contributed by atoms with E-state index < -0.39 is 19.2 Å². The van der Waals surface area contributed by atoms with Crippen molar-refractivity contribution >= 4 is 23.5 Å². The molecule has 18 heavy (non-hydrogen) atoms. The normalized spacial score (nSPS) is 13.6. The zero-order valence-electron chi connectivity index (χ0n) is 10.2. The Kier molecular flexibility index (Phi) is 5.95. The molecule has 0 spiro atoms. The van der Waals surface area contributed by atoms with Gasteiger partial charge < -0.3 is 14.8 Å². The smallest absolute Gasteiger partial charge is 0.314 e. The van der Waals surface area contributed by atoms with Crippen molar-refractivity contribution in [1.29, 1.82) is 0 Å². The molecule has 0 unspecified atom stereocenters. The molecule has 0 aliphatic rings. The first-order chi connectivity index (χ1) is 8.44. The Morgan fingerprint density at radius 3 is 2.44 bits per heavy atom. The summed E-state index contributed by atoms with van der Waals surface area (Å²) in [6.45, 7) is 3.80. The molecule has 4 nitrogen and oxygen atoms in total. The second-order valence-corrected chi connectivity index (χ2v) is 6.49. The molecule has 0 aromatic heterocycles. The highest BCUT2D eigenvalue weighted by molar-refractivity contribution is 9.10. The van der Waals surface area contributed by atoms with Gasteiger partial charge in [-0.05, 0) is 37.6 Å². The molecule has 1 rings (SSSR count). The molecular formula is C11H16BrFNO3P. The molecule has 0 radical (unpaired) electrons. The van der Waals surface area contributed by atoms with Crippen LogP contribution in [0.25, 0.3) is 0 Å². The first-order valence-corrected chi connectivity index (χ1v) is 7.94. The van der Waals surface area contributed by atoms with E-state index in [2.05, 4.69) is 15.9 Å². The van der Waals surface area contributed by atoms with Crippen LogP contribution in [0.3, 0.4) is 0 Å². The van der Waals surface area contributed by atoms with Crippen molar-refractivity contribution < 1.29 is 18.0 Å². The third-order valence-corrected chi connectivity index (χ3v) is 5.15. The molecule has 0 fully saturated rings. The summed E-state index contributed by atoms with van der Waals surface area (Å²) >= 11 is 3.25. The van der Waals surface area contributed by atoms with Crippen molar-refractivity contribution in [2.75, 3.05) is 13.2 Å². The number of benzene rings is 1. The van der Waals surface area contributed by atoms with Crippen LogP contribution in [0.15, 0.2) is 22.7 Å². The van der Waals surface area contributed by atoms with Crippen LogP contribution in [0.2, 0.25) is 0 Å². The van der Waals surface area contributed by atoms with Gasteiger partial charge in [0.05, 0.1) is 13.2 Å². The van der Waals surface area contributed by atoms with E-state index in [0.717, 1.165) is 0 Å². The monoisotopic (exact) mass is 339 g/mol. The Bertz CT molecular complexity index is 448. The van der Waals surface area contributed by atoms with Gasteiger partial charge in [0.15, 0.2) is 0 Å². The number of nitrogens with two attached hydrogens (primary N) is 1. The molecule has 0 aliphatic carbocycles. The molecule has 0 saturated heterocycles. The molecule has 0 saturated carbocycles. The zero-order chi connectivity index (χ0) is 13.8. The molecule has 1 aromatic carbocycles. The standard InChI is InChI=1S/C11H16BrFNO3P/c1-3-16-18(15,17-4-2)11(14)9-7-8(13)5-6-10(9)12/h5-7,11H,3-4,14H2,1-2H3/t11-/m1/s1. The van der Waals surface area contributed by atoms with Gasteiger partial charge in [0.2, 0.25) is 0 Å². The van der Waals surface area contributed by atoms with Crippen molar-refractivity contribution in [3.05, 3.63) is 34.1 Å². The molecule has 0 aliphatic heterocycles. The fourth-order valence-electron chi connectivity index (χ4n) is 1.47. The Labute approximate surface area is 114 Å². The average Bonchev–Trinajstić information content (AvgIpc) is 2.32. The van der Waals surface area contributed by atoms with Crippen molar-refractivity contribution in [2.45, 2.75) is 19.6 Å². The van der Waals surface area contributed by atoms with E-state index in [9.17, 15) is 8.96 Å². The summed E-state index contributed by atoms with van der Waals surface area (Å²) in [4.78, 5) is 0. The van der Waals surface area contributed by atoms with E-state index in [1.165, 1.54) is 18.2 Å². The minimum atomic E-state index is -3.50. The second-order valence-electron chi connectivity index (χ2n) is 3.49. The third-order valence-electron chi connectivity index (χ3n) is 2.24. The van der Waals surface area contributed by atoms with E-state index in [4.69, 9.17) is 14.8 Å². The van der Waals surface area contributed by atoms with Gasteiger partial charge in [0, 0.05) is 4.47 Å². The van der Waals surface area contributed by atoms with E-state index >= 15 is 0 Å². The van der Waals surface area contributed by atoms with Gasteiger partial charge in [-0.15, -0.1) is 0 Å². The highest BCUT2D eigenvalue weighted by atomic mass is 79.9. The van der Waals surface area contributed by atoms with Gasteiger partial charge >= 0.3 is 7.60 Å². The van der Waals surface area contributed by atoms with Crippen LogP contribution in [0, 0.1) is 5.82 Å². The summed E-state index contributed by atoms with van der Waals surface area (Å²) in [5.74, 6) is -1.48. The Hall–Kier alpha value is -0.260. The summed E-state index contributed by atoms with van der Waals surface area (Å²) in [6.07, 6.45) is 0. The van der Waals surface area contributed by atoms with Gasteiger partial charge in [-0.2, -0.15) is 0 Å². The quantitative estimate of drug-likeness (QED) is 0.800.